The first-order valence-electron chi connectivity index (χ1n) is 11.1. The Morgan fingerprint density at radius 2 is 1.94 bits per heavy atom. The Labute approximate surface area is 211 Å². The van der Waals surface area contributed by atoms with Crippen molar-refractivity contribution in [3.8, 4) is 17.2 Å². The first kappa shape index (κ1) is 25.1. The Hall–Kier alpha value is -2.98. The maximum atomic E-state index is 13.5. The normalized spacial score (nSPS) is 14.5. The minimum Gasteiger partial charge on any atom is -0.493 e. The third kappa shape index (κ3) is 5.82. The fourth-order valence-corrected chi connectivity index (χ4v) is 5.73. The minimum absolute atomic E-state index is 0.0983. The maximum Gasteiger partial charge on any atom is 0.272 e. The summed E-state index contributed by atoms with van der Waals surface area (Å²) in [4.78, 5) is 31.1. The van der Waals surface area contributed by atoms with Gasteiger partial charge in [0.1, 0.15) is 5.82 Å². The molecule has 7 nitrogen and oxygen atoms in total. The number of carbonyl (C=O) groups is 1. The van der Waals surface area contributed by atoms with E-state index in [4.69, 9.17) is 14.5 Å². The second-order valence-corrected chi connectivity index (χ2v) is 10.4. The van der Waals surface area contributed by atoms with Crippen LogP contribution in [0, 0.1) is 5.82 Å². The average Bonchev–Trinajstić information content (AvgIpc) is 3.24. The topological polar surface area (TPSA) is 82.5 Å². The van der Waals surface area contributed by atoms with Crippen LogP contribution in [-0.2, 0) is 17.6 Å². The lowest BCUT2D eigenvalue weighted by atomic mass is 10.1. The van der Waals surface area contributed by atoms with E-state index in [0.29, 0.717) is 46.6 Å². The van der Waals surface area contributed by atoms with Gasteiger partial charge >= 0.3 is 0 Å². The highest BCUT2D eigenvalue weighted by Gasteiger charge is 2.27. The molecule has 1 N–H and O–H groups in total. The molecule has 1 aliphatic rings. The summed E-state index contributed by atoms with van der Waals surface area (Å²) in [6, 6.07) is 11.3. The number of ether oxygens (including phenoxy) is 2. The van der Waals surface area contributed by atoms with Crippen LogP contribution in [0.2, 0.25) is 0 Å². The summed E-state index contributed by atoms with van der Waals surface area (Å²) in [6.07, 6.45) is 1.33. The molecule has 0 saturated carbocycles. The number of hydrogen-bond acceptors (Lipinski definition) is 7. The van der Waals surface area contributed by atoms with Gasteiger partial charge in [-0.1, -0.05) is 24.8 Å². The van der Waals surface area contributed by atoms with Gasteiger partial charge < -0.3 is 14.8 Å². The lowest BCUT2D eigenvalue weighted by molar-refractivity contribution is -0.118. The van der Waals surface area contributed by atoms with Gasteiger partial charge in [-0.2, -0.15) is 0 Å². The second-order valence-electron chi connectivity index (χ2n) is 8.00. The number of benzene rings is 2. The number of carbonyl (C=O) groups excluding carboxylic acids is 1. The summed E-state index contributed by atoms with van der Waals surface area (Å²) in [5, 5.41) is 3.59. The van der Waals surface area contributed by atoms with Crippen LogP contribution in [0.25, 0.3) is 5.69 Å². The number of halogens is 1. The van der Waals surface area contributed by atoms with Crippen molar-refractivity contribution in [1.82, 2.24) is 14.9 Å². The Morgan fingerprint density at radius 3 is 2.66 bits per heavy atom. The number of hydrogen-bond donors (Lipinski definition) is 1. The Morgan fingerprint density at radius 1 is 1.20 bits per heavy atom. The van der Waals surface area contributed by atoms with Crippen molar-refractivity contribution in [3.63, 3.8) is 0 Å². The van der Waals surface area contributed by atoms with Gasteiger partial charge in [0.15, 0.2) is 16.7 Å². The van der Waals surface area contributed by atoms with Crippen molar-refractivity contribution >= 4 is 29.4 Å². The molecule has 1 unspecified atom stereocenters. The van der Waals surface area contributed by atoms with Crippen LogP contribution in [0.3, 0.4) is 0 Å². The molecule has 35 heavy (non-hydrogen) atoms. The largest absolute Gasteiger partial charge is 0.493 e. The van der Waals surface area contributed by atoms with Gasteiger partial charge in [-0.3, -0.25) is 14.2 Å². The molecular formula is C25H26FN3O4S2. The quantitative estimate of drug-likeness (QED) is 0.342. The number of nitrogens with zero attached hydrogens (tertiary/aromatic N) is 2. The number of thioether (sulfide) groups is 2. The predicted molar refractivity (Wildman–Crippen MR) is 136 cm³/mol. The molecule has 1 amide bonds. The predicted octanol–water partition coefficient (Wildman–Crippen LogP) is 3.88. The zero-order valence-corrected chi connectivity index (χ0v) is 21.3. The molecule has 3 aromatic rings. The standard InChI is InChI=1S/C25H26FN3O4S2/c1-15-12-19-23(35-15)24(31)29(18-7-5-17(26)6-8-18)25(28-19)34-14-22(30)27-11-10-16-4-9-20(32-2)21(13-16)33-3/h4-9,13,15H,10-12,14H2,1-3H3,(H,27,30). The highest BCUT2D eigenvalue weighted by molar-refractivity contribution is 8.00. The second kappa shape index (κ2) is 11.2. The van der Waals surface area contributed by atoms with Crippen LogP contribution in [-0.4, -0.2) is 47.2 Å². The highest BCUT2D eigenvalue weighted by Crippen LogP contribution is 2.35. The fourth-order valence-electron chi connectivity index (χ4n) is 3.78. The van der Waals surface area contributed by atoms with E-state index in [9.17, 15) is 14.0 Å². The number of rotatable bonds is 9. The molecule has 1 aromatic heterocycles. The van der Waals surface area contributed by atoms with Crippen LogP contribution in [0.4, 0.5) is 4.39 Å². The van der Waals surface area contributed by atoms with E-state index >= 15 is 0 Å². The number of fused-ring (bicyclic) bond motifs is 1. The molecule has 0 fully saturated rings. The molecule has 0 radical (unpaired) electrons. The minimum atomic E-state index is -0.387. The monoisotopic (exact) mass is 515 g/mol. The molecular weight excluding hydrogens is 489 g/mol. The van der Waals surface area contributed by atoms with Crippen LogP contribution in [0.1, 0.15) is 18.2 Å². The van der Waals surface area contributed by atoms with Crippen molar-refractivity contribution < 1.29 is 18.7 Å². The third-order valence-corrected chi connectivity index (χ3v) is 7.64. The number of aromatic nitrogens is 2. The zero-order chi connectivity index (χ0) is 24.9. The molecule has 4 rings (SSSR count). The zero-order valence-electron chi connectivity index (χ0n) is 19.7. The van der Waals surface area contributed by atoms with E-state index in [0.717, 1.165) is 11.3 Å². The van der Waals surface area contributed by atoms with Crippen molar-refractivity contribution in [2.75, 3.05) is 26.5 Å². The van der Waals surface area contributed by atoms with Crippen molar-refractivity contribution in [2.24, 2.45) is 0 Å². The molecule has 2 heterocycles. The summed E-state index contributed by atoms with van der Waals surface area (Å²) >= 11 is 2.69. The molecule has 0 aliphatic carbocycles. The molecule has 0 bridgehead atoms. The summed E-state index contributed by atoms with van der Waals surface area (Å²) in [6.45, 7) is 2.50. The van der Waals surface area contributed by atoms with Gasteiger partial charge in [-0.15, -0.1) is 11.8 Å². The molecule has 1 aliphatic heterocycles. The number of amides is 1. The summed E-state index contributed by atoms with van der Waals surface area (Å²) < 4.78 is 25.5. The van der Waals surface area contributed by atoms with Crippen LogP contribution < -0.4 is 20.3 Å². The fraction of sp³-hybridized carbons (Fsp3) is 0.320. The molecule has 1 atom stereocenters. The summed E-state index contributed by atoms with van der Waals surface area (Å²) in [7, 11) is 3.17. The van der Waals surface area contributed by atoms with Gasteiger partial charge in [0.2, 0.25) is 5.91 Å². The Balaban J connectivity index is 1.44. The molecule has 2 aromatic carbocycles. The van der Waals surface area contributed by atoms with Crippen molar-refractivity contribution in [1.29, 1.82) is 0 Å². The highest BCUT2D eigenvalue weighted by atomic mass is 32.2. The molecule has 0 spiro atoms. The SMILES string of the molecule is COc1ccc(CCNC(=O)CSc2nc3c(c(=O)n2-c2ccc(F)cc2)SC(C)C3)cc1OC. The van der Waals surface area contributed by atoms with Crippen molar-refractivity contribution in [2.45, 2.75) is 35.1 Å². The smallest absolute Gasteiger partial charge is 0.272 e. The number of nitrogens with one attached hydrogen (secondary N) is 1. The number of methoxy groups -OCH3 is 2. The summed E-state index contributed by atoms with van der Waals surface area (Å²) in [5.74, 6) is 0.834. The van der Waals surface area contributed by atoms with E-state index in [1.807, 2.05) is 25.1 Å². The first-order valence-corrected chi connectivity index (χ1v) is 12.9. The van der Waals surface area contributed by atoms with Gasteiger partial charge in [-0.05, 0) is 48.4 Å². The van der Waals surface area contributed by atoms with Crippen LogP contribution in [0.15, 0.2) is 57.3 Å². The maximum absolute atomic E-state index is 13.5. The molecule has 10 heteroatoms. The van der Waals surface area contributed by atoms with E-state index in [2.05, 4.69) is 5.32 Å². The first-order chi connectivity index (χ1) is 16.9. The van der Waals surface area contributed by atoms with Crippen molar-refractivity contribution in [3.05, 3.63) is 69.9 Å². The van der Waals surface area contributed by atoms with Gasteiger partial charge in [-0.25, -0.2) is 9.37 Å². The van der Waals surface area contributed by atoms with Crippen LogP contribution in [0.5, 0.6) is 11.5 Å². The Bertz CT molecular complexity index is 1280. The van der Waals surface area contributed by atoms with E-state index in [1.165, 1.54) is 40.2 Å². The van der Waals surface area contributed by atoms with E-state index in [-0.39, 0.29) is 28.3 Å². The van der Waals surface area contributed by atoms with Gasteiger partial charge in [0.25, 0.3) is 5.56 Å². The molecule has 184 valence electrons. The lowest BCUT2D eigenvalue weighted by Crippen LogP contribution is -2.28. The van der Waals surface area contributed by atoms with E-state index in [1.54, 1.807) is 26.4 Å². The summed E-state index contributed by atoms with van der Waals surface area (Å²) in [5.41, 5.74) is 2.09. The van der Waals surface area contributed by atoms with E-state index < -0.39 is 0 Å². The van der Waals surface area contributed by atoms with Gasteiger partial charge in [0.05, 0.1) is 36.2 Å². The van der Waals surface area contributed by atoms with Crippen LogP contribution >= 0.6 is 23.5 Å². The molecule has 0 saturated heterocycles. The lowest BCUT2D eigenvalue weighted by Gasteiger charge is -2.14. The average molecular weight is 516 g/mol. The van der Waals surface area contributed by atoms with Gasteiger partial charge in [0, 0.05) is 18.2 Å². The Kier molecular flexibility index (Phi) is 8.02. The third-order valence-electron chi connectivity index (χ3n) is 5.48.